The molecule has 0 aliphatic rings. The maximum absolute atomic E-state index is 11.8. The van der Waals surface area contributed by atoms with Crippen molar-refractivity contribution in [1.29, 1.82) is 0 Å². The molecule has 0 aliphatic heterocycles. The monoisotopic (exact) mass is 479 g/mol. The molecule has 0 saturated carbocycles. The van der Waals surface area contributed by atoms with Crippen molar-refractivity contribution >= 4 is 28.6 Å². The van der Waals surface area contributed by atoms with Gasteiger partial charge in [-0.3, -0.25) is 5.10 Å². The summed E-state index contributed by atoms with van der Waals surface area (Å²) in [6.45, 7) is 3.21. The standard InChI is InChI=1S/C25H26ClN5O3/c1-4-5-19-22-23(31-30-19)20(14-27-13-15-6-11-21(33-2)18(26)12-15)28-24(29-22)16-7-9-17(10-8-16)25(32)34-3/h6-12,27H,4-5,13-14H2,1-3H3,(H,30,31). The fourth-order valence-corrected chi connectivity index (χ4v) is 3.98. The Labute approximate surface area is 202 Å². The number of carbonyl (C=O) groups is 1. The van der Waals surface area contributed by atoms with E-state index >= 15 is 0 Å². The first-order valence-electron chi connectivity index (χ1n) is 11.0. The lowest BCUT2D eigenvalue weighted by atomic mass is 10.1. The van der Waals surface area contributed by atoms with E-state index in [2.05, 4.69) is 22.4 Å². The molecule has 2 aromatic carbocycles. The topological polar surface area (TPSA) is 102 Å². The van der Waals surface area contributed by atoms with Gasteiger partial charge in [0.1, 0.15) is 16.8 Å². The number of aryl methyl sites for hydroxylation is 1. The summed E-state index contributed by atoms with van der Waals surface area (Å²) in [7, 11) is 2.96. The van der Waals surface area contributed by atoms with Gasteiger partial charge in [0.15, 0.2) is 5.82 Å². The lowest BCUT2D eigenvalue weighted by Gasteiger charge is -2.09. The minimum atomic E-state index is -0.383. The van der Waals surface area contributed by atoms with Crippen LogP contribution in [0.1, 0.15) is 40.7 Å². The van der Waals surface area contributed by atoms with Crippen LogP contribution in [0.25, 0.3) is 22.4 Å². The summed E-state index contributed by atoms with van der Waals surface area (Å²) in [6, 6.07) is 12.8. The van der Waals surface area contributed by atoms with Gasteiger partial charge in [0, 0.05) is 18.7 Å². The van der Waals surface area contributed by atoms with Crippen LogP contribution in [0, 0.1) is 0 Å². The molecule has 2 heterocycles. The molecular weight excluding hydrogens is 454 g/mol. The number of halogens is 1. The van der Waals surface area contributed by atoms with Gasteiger partial charge in [-0.15, -0.1) is 0 Å². The van der Waals surface area contributed by atoms with Crippen LogP contribution in [0.4, 0.5) is 0 Å². The van der Waals surface area contributed by atoms with Gasteiger partial charge in [0.2, 0.25) is 0 Å². The number of benzene rings is 2. The van der Waals surface area contributed by atoms with Gasteiger partial charge in [0.05, 0.1) is 36.2 Å². The molecule has 0 spiro atoms. The van der Waals surface area contributed by atoms with E-state index in [1.807, 2.05) is 30.3 Å². The Balaban J connectivity index is 1.62. The number of aromatic nitrogens is 4. The molecule has 8 nitrogen and oxygen atoms in total. The van der Waals surface area contributed by atoms with Crippen molar-refractivity contribution in [2.24, 2.45) is 0 Å². The van der Waals surface area contributed by atoms with E-state index < -0.39 is 0 Å². The van der Waals surface area contributed by atoms with Crippen LogP contribution in [0.3, 0.4) is 0 Å². The van der Waals surface area contributed by atoms with Crippen molar-refractivity contribution in [2.45, 2.75) is 32.9 Å². The molecule has 34 heavy (non-hydrogen) atoms. The van der Waals surface area contributed by atoms with Gasteiger partial charge in [-0.2, -0.15) is 5.10 Å². The molecule has 2 aromatic heterocycles. The molecule has 0 radical (unpaired) electrons. The average Bonchev–Trinajstić information content (AvgIpc) is 3.27. The van der Waals surface area contributed by atoms with E-state index in [0.717, 1.165) is 46.4 Å². The van der Waals surface area contributed by atoms with Crippen LogP contribution in [0.15, 0.2) is 42.5 Å². The molecule has 4 aromatic rings. The lowest BCUT2D eigenvalue weighted by Crippen LogP contribution is -2.15. The van der Waals surface area contributed by atoms with Gasteiger partial charge in [-0.05, 0) is 36.2 Å². The Morgan fingerprint density at radius 1 is 1.06 bits per heavy atom. The second-order valence-electron chi connectivity index (χ2n) is 7.78. The smallest absolute Gasteiger partial charge is 0.337 e. The third-order valence-electron chi connectivity index (χ3n) is 5.45. The molecule has 0 bridgehead atoms. The SMILES string of the molecule is CCCc1[nH]nc2c(CNCc3ccc(OC)c(Cl)c3)nc(-c3ccc(C(=O)OC)cc3)nc12. The van der Waals surface area contributed by atoms with E-state index in [1.54, 1.807) is 19.2 Å². The first-order chi connectivity index (χ1) is 16.5. The Morgan fingerprint density at radius 2 is 1.85 bits per heavy atom. The zero-order valence-corrected chi connectivity index (χ0v) is 20.1. The fraction of sp³-hybridized carbons (Fsp3) is 0.280. The average molecular weight is 480 g/mol. The Bertz CT molecular complexity index is 1300. The number of hydrogen-bond donors (Lipinski definition) is 2. The van der Waals surface area contributed by atoms with Crippen molar-refractivity contribution in [2.75, 3.05) is 14.2 Å². The fourth-order valence-electron chi connectivity index (χ4n) is 3.70. The number of nitrogens with zero attached hydrogens (tertiary/aromatic N) is 3. The van der Waals surface area contributed by atoms with Crippen LogP contribution in [-0.2, 0) is 24.2 Å². The number of fused-ring (bicyclic) bond motifs is 1. The van der Waals surface area contributed by atoms with Crippen LogP contribution in [0.2, 0.25) is 5.02 Å². The number of rotatable bonds is 9. The van der Waals surface area contributed by atoms with E-state index in [0.29, 0.717) is 35.2 Å². The molecular formula is C25H26ClN5O3. The van der Waals surface area contributed by atoms with Crippen molar-refractivity contribution in [3.05, 3.63) is 70.0 Å². The van der Waals surface area contributed by atoms with Crippen molar-refractivity contribution < 1.29 is 14.3 Å². The van der Waals surface area contributed by atoms with Crippen LogP contribution in [-0.4, -0.2) is 40.4 Å². The molecule has 4 rings (SSSR count). The summed E-state index contributed by atoms with van der Waals surface area (Å²) in [5.41, 5.74) is 5.64. The zero-order chi connectivity index (χ0) is 24.1. The maximum atomic E-state index is 11.8. The maximum Gasteiger partial charge on any atom is 0.337 e. The van der Waals surface area contributed by atoms with Gasteiger partial charge >= 0.3 is 5.97 Å². The zero-order valence-electron chi connectivity index (χ0n) is 19.3. The first kappa shape index (κ1) is 23.7. The number of methoxy groups -OCH3 is 2. The highest BCUT2D eigenvalue weighted by Crippen LogP contribution is 2.26. The number of nitrogens with one attached hydrogen (secondary N) is 2. The molecule has 0 amide bonds. The summed E-state index contributed by atoms with van der Waals surface area (Å²) in [5, 5.41) is 11.6. The van der Waals surface area contributed by atoms with Crippen LogP contribution < -0.4 is 10.1 Å². The highest BCUT2D eigenvalue weighted by atomic mass is 35.5. The predicted octanol–water partition coefficient (Wildman–Crippen LogP) is 4.71. The summed E-state index contributed by atoms with van der Waals surface area (Å²) in [4.78, 5) is 21.4. The Kier molecular flexibility index (Phi) is 7.40. The highest BCUT2D eigenvalue weighted by Gasteiger charge is 2.16. The predicted molar refractivity (Wildman–Crippen MR) is 131 cm³/mol. The third-order valence-corrected chi connectivity index (χ3v) is 5.74. The van der Waals surface area contributed by atoms with E-state index in [4.69, 9.17) is 31.0 Å². The molecule has 0 aliphatic carbocycles. The normalized spacial score (nSPS) is 11.1. The second-order valence-corrected chi connectivity index (χ2v) is 8.19. The molecule has 0 fully saturated rings. The summed E-state index contributed by atoms with van der Waals surface area (Å²) in [5.74, 6) is 0.837. The van der Waals surface area contributed by atoms with Crippen molar-refractivity contribution in [3.8, 4) is 17.1 Å². The Hall–Kier alpha value is -3.49. The molecule has 0 atom stereocenters. The number of carbonyl (C=O) groups excluding carboxylic acids is 1. The second kappa shape index (κ2) is 10.6. The van der Waals surface area contributed by atoms with E-state index in [9.17, 15) is 4.79 Å². The third kappa shape index (κ3) is 5.03. The number of hydrogen-bond acceptors (Lipinski definition) is 7. The van der Waals surface area contributed by atoms with Crippen LogP contribution in [0.5, 0.6) is 5.75 Å². The van der Waals surface area contributed by atoms with E-state index in [-0.39, 0.29) is 5.97 Å². The number of ether oxygens (including phenoxy) is 2. The van der Waals surface area contributed by atoms with Gasteiger partial charge < -0.3 is 14.8 Å². The molecule has 0 unspecified atom stereocenters. The van der Waals surface area contributed by atoms with Gasteiger partial charge in [0.25, 0.3) is 0 Å². The highest BCUT2D eigenvalue weighted by molar-refractivity contribution is 6.32. The summed E-state index contributed by atoms with van der Waals surface area (Å²) in [6.07, 6.45) is 1.81. The summed E-state index contributed by atoms with van der Waals surface area (Å²) >= 11 is 6.25. The number of aromatic amines is 1. The van der Waals surface area contributed by atoms with Crippen molar-refractivity contribution in [3.63, 3.8) is 0 Å². The minimum Gasteiger partial charge on any atom is -0.495 e. The van der Waals surface area contributed by atoms with Crippen LogP contribution >= 0.6 is 11.6 Å². The number of H-pyrrole nitrogens is 1. The first-order valence-corrected chi connectivity index (χ1v) is 11.4. The molecule has 9 heteroatoms. The largest absolute Gasteiger partial charge is 0.495 e. The van der Waals surface area contributed by atoms with Gasteiger partial charge in [-0.25, -0.2) is 14.8 Å². The lowest BCUT2D eigenvalue weighted by molar-refractivity contribution is 0.0600. The molecule has 2 N–H and O–H groups in total. The molecule has 0 saturated heterocycles. The van der Waals surface area contributed by atoms with Crippen molar-refractivity contribution in [1.82, 2.24) is 25.5 Å². The van der Waals surface area contributed by atoms with Gasteiger partial charge in [-0.1, -0.05) is 43.1 Å². The quantitative estimate of drug-likeness (QED) is 0.335. The molecule has 176 valence electrons. The number of esters is 1. The minimum absolute atomic E-state index is 0.383. The van der Waals surface area contributed by atoms with E-state index in [1.165, 1.54) is 7.11 Å². The Morgan fingerprint density at radius 3 is 2.53 bits per heavy atom. The summed E-state index contributed by atoms with van der Waals surface area (Å²) < 4.78 is 10.0.